The molecule has 4 aromatic rings. The molecule has 2 fully saturated rings. The second kappa shape index (κ2) is 14.6. The first kappa shape index (κ1) is 36.1. The first-order chi connectivity index (χ1) is 25.4. The van der Waals surface area contributed by atoms with Gasteiger partial charge in [0.2, 0.25) is 17.7 Å². The lowest BCUT2D eigenvalue weighted by molar-refractivity contribution is -0.145. The van der Waals surface area contributed by atoms with Crippen LogP contribution in [-0.2, 0) is 19.1 Å². The monoisotopic (exact) mass is 741 g/mol. The smallest absolute Gasteiger partial charge is 0.408 e. The fourth-order valence-electron chi connectivity index (χ4n) is 7.01. The molecule has 3 unspecified atom stereocenters. The Labute approximate surface area is 310 Å². The van der Waals surface area contributed by atoms with E-state index in [0.717, 1.165) is 29.8 Å². The van der Waals surface area contributed by atoms with E-state index >= 15 is 0 Å². The molecular formula is C38H43N7O7S. The van der Waals surface area contributed by atoms with Gasteiger partial charge in [-0.15, -0.1) is 11.3 Å². The molecule has 3 amide bonds. The standard InChI is InChI=1S/C38H43N7O7S/c1-37(2,3)52-36(50)42-27-11-8-6-4-5-7-10-23-20-38(23,35(48)49)43-32(46)29-19-25(21-45(29)34(27)47)51-33-31(30-12-9-17-53-30)40-28-18-24(13-14-26(28)41-33)44-16-15-39-22-44/h7,9-10,12-18,22-23,25,27,29H,4-6,8,11,19-21H2,1-3H3,(H,42,50)(H,43,46)(H,48,49)/b10-7-/t23?,25-,27+,29?,38?/m1/s1. The highest BCUT2D eigenvalue weighted by Crippen LogP contribution is 2.45. The maximum Gasteiger partial charge on any atom is 0.408 e. The van der Waals surface area contributed by atoms with Crippen LogP contribution in [0, 0.1) is 5.92 Å². The molecule has 1 saturated carbocycles. The van der Waals surface area contributed by atoms with Crippen molar-refractivity contribution in [2.75, 3.05) is 6.54 Å². The molecule has 15 heteroatoms. The molecular weight excluding hydrogens is 699 g/mol. The summed E-state index contributed by atoms with van der Waals surface area (Å²) in [5.74, 6) is -2.30. The maximum absolute atomic E-state index is 14.4. The van der Waals surface area contributed by atoms with Crippen LogP contribution >= 0.6 is 11.3 Å². The summed E-state index contributed by atoms with van der Waals surface area (Å²) >= 11 is 1.48. The van der Waals surface area contributed by atoms with E-state index in [4.69, 9.17) is 19.4 Å². The van der Waals surface area contributed by atoms with E-state index in [1.54, 1.807) is 33.3 Å². The van der Waals surface area contributed by atoms with E-state index in [1.807, 2.05) is 58.6 Å². The number of imidazole rings is 1. The zero-order chi connectivity index (χ0) is 37.3. The molecule has 0 bridgehead atoms. The van der Waals surface area contributed by atoms with Gasteiger partial charge in [0.25, 0.3) is 0 Å². The summed E-state index contributed by atoms with van der Waals surface area (Å²) in [6.07, 6.45) is 11.3. The van der Waals surface area contributed by atoms with Crippen molar-refractivity contribution in [1.82, 2.24) is 35.1 Å². The second-order valence-electron chi connectivity index (χ2n) is 14.8. The quantitative estimate of drug-likeness (QED) is 0.221. The summed E-state index contributed by atoms with van der Waals surface area (Å²) in [4.78, 5) is 70.2. The number of carboxylic acid groups (broad SMARTS) is 1. The van der Waals surface area contributed by atoms with Crippen molar-refractivity contribution in [3.05, 3.63) is 66.6 Å². The van der Waals surface area contributed by atoms with Crippen LogP contribution in [0.15, 0.2) is 66.6 Å². The number of amides is 3. The predicted octanol–water partition coefficient (Wildman–Crippen LogP) is 5.27. The Morgan fingerprint density at radius 1 is 1.11 bits per heavy atom. The first-order valence-corrected chi connectivity index (χ1v) is 18.8. The van der Waals surface area contributed by atoms with Crippen LogP contribution in [0.25, 0.3) is 27.3 Å². The normalized spacial score (nSPS) is 25.7. The topological polar surface area (TPSA) is 178 Å². The third-order valence-electron chi connectivity index (χ3n) is 9.76. The molecule has 5 atom stereocenters. The highest BCUT2D eigenvalue weighted by Gasteiger charge is 2.61. The number of nitrogens with one attached hydrogen (secondary N) is 2. The minimum Gasteiger partial charge on any atom is -0.479 e. The number of benzene rings is 1. The van der Waals surface area contributed by atoms with Gasteiger partial charge in [0.05, 0.1) is 28.8 Å². The minimum atomic E-state index is -1.46. The van der Waals surface area contributed by atoms with E-state index in [2.05, 4.69) is 15.6 Å². The molecule has 1 aliphatic carbocycles. The summed E-state index contributed by atoms with van der Waals surface area (Å²) in [5.41, 5.74) is 0.357. The molecule has 0 spiro atoms. The van der Waals surface area contributed by atoms with Gasteiger partial charge in [-0.05, 0) is 76.1 Å². The largest absolute Gasteiger partial charge is 0.479 e. The lowest BCUT2D eigenvalue weighted by Gasteiger charge is -2.30. The van der Waals surface area contributed by atoms with Crippen molar-refractivity contribution in [2.24, 2.45) is 5.92 Å². The van der Waals surface area contributed by atoms with Gasteiger partial charge < -0.3 is 34.7 Å². The van der Waals surface area contributed by atoms with Gasteiger partial charge in [-0.25, -0.2) is 24.5 Å². The summed E-state index contributed by atoms with van der Waals surface area (Å²) in [5, 5.41) is 17.7. The molecule has 0 radical (unpaired) electrons. The lowest BCUT2D eigenvalue weighted by atomic mass is 10.0. The van der Waals surface area contributed by atoms with E-state index in [1.165, 1.54) is 16.2 Å². The first-order valence-electron chi connectivity index (χ1n) is 17.9. The molecule has 5 heterocycles. The van der Waals surface area contributed by atoms with Crippen molar-refractivity contribution in [3.8, 4) is 22.1 Å². The van der Waals surface area contributed by atoms with Gasteiger partial charge in [0, 0.05) is 30.4 Å². The number of ether oxygens (including phenoxy) is 2. The number of allylic oxidation sites excluding steroid dienone is 1. The number of carboxylic acids is 1. The number of fused-ring (bicyclic) bond motifs is 3. The fourth-order valence-corrected chi connectivity index (χ4v) is 7.72. The summed E-state index contributed by atoms with van der Waals surface area (Å²) in [6.45, 7) is 5.21. The Balaban J connectivity index is 1.21. The molecule has 7 rings (SSSR count). The third kappa shape index (κ3) is 7.89. The molecule has 3 N–H and O–H groups in total. The third-order valence-corrected chi connectivity index (χ3v) is 10.6. The lowest BCUT2D eigenvalue weighted by Crippen LogP contribution is -2.56. The molecule has 14 nitrogen and oxygen atoms in total. The number of alkyl carbamates (subject to hydrolysis) is 1. The van der Waals surface area contributed by atoms with Gasteiger partial charge in [-0.1, -0.05) is 31.1 Å². The van der Waals surface area contributed by atoms with Gasteiger partial charge in [-0.3, -0.25) is 9.59 Å². The average molecular weight is 742 g/mol. The van der Waals surface area contributed by atoms with Gasteiger partial charge in [0.15, 0.2) is 0 Å². The van der Waals surface area contributed by atoms with Crippen LogP contribution in [0.5, 0.6) is 5.88 Å². The summed E-state index contributed by atoms with van der Waals surface area (Å²) in [7, 11) is 0. The molecule has 3 aliphatic rings. The van der Waals surface area contributed by atoms with E-state index < -0.39 is 53.2 Å². The number of rotatable bonds is 6. The van der Waals surface area contributed by atoms with Crippen molar-refractivity contribution in [3.63, 3.8) is 0 Å². The van der Waals surface area contributed by atoms with Crippen LogP contribution in [0.1, 0.15) is 65.7 Å². The Morgan fingerprint density at radius 3 is 2.70 bits per heavy atom. The summed E-state index contributed by atoms with van der Waals surface area (Å²) in [6, 6.07) is 7.43. The van der Waals surface area contributed by atoms with E-state index in [-0.39, 0.29) is 31.2 Å². The molecule has 2 aliphatic heterocycles. The molecule has 53 heavy (non-hydrogen) atoms. The highest BCUT2D eigenvalue weighted by molar-refractivity contribution is 7.13. The summed E-state index contributed by atoms with van der Waals surface area (Å²) < 4.78 is 13.9. The molecule has 3 aromatic heterocycles. The number of aromatic nitrogens is 4. The Bertz CT molecular complexity index is 2030. The fraction of sp³-hybridized carbons (Fsp3) is 0.447. The number of hydrogen-bond donors (Lipinski definition) is 3. The van der Waals surface area contributed by atoms with E-state index in [9.17, 15) is 24.3 Å². The molecule has 1 saturated heterocycles. The Morgan fingerprint density at radius 2 is 1.96 bits per heavy atom. The predicted molar refractivity (Wildman–Crippen MR) is 197 cm³/mol. The molecule has 1 aromatic carbocycles. The average Bonchev–Trinajstić information content (AvgIpc) is 3.62. The van der Waals surface area contributed by atoms with Crippen LogP contribution in [-0.4, -0.2) is 89.3 Å². The van der Waals surface area contributed by atoms with E-state index in [0.29, 0.717) is 29.6 Å². The number of hydrogen-bond acceptors (Lipinski definition) is 10. The van der Waals surface area contributed by atoms with Crippen LogP contribution in [0.4, 0.5) is 4.79 Å². The zero-order valence-electron chi connectivity index (χ0n) is 29.9. The SMILES string of the molecule is CC(C)(C)OC(=O)N[C@H]1CCCCC/C=C\C2CC2(C(=O)O)NC(=O)C2C[C@@H](Oc3nc4ccc(-n5ccnc5)cc4nc3-c3cccs3)CN2C1=O. The van der Waals surface area contributed by atoms with Crippen molar-refractivity contribution < 1.29 is 33.8 Å². The van der Waals surface area contributed by atoms with Crippen molar-refractivity contribution >= 4 is 46.2 Å². The van der Waals surface area contributed by atoms with Gasteiger partial charge in [-0.2, -0.15) is 0 Å². The number of carbonyl (C=O) groups is 4. The minimum absolute atomic E-state index is 0.00398. The Hall–Kier alpha value is -5.31. The van der Waals surface area contributed by atoms with Gasteiger partial charge >= 0.3 is 12.1 Å². The maximum atomic E-state index is 14.4. The highest BCUT2D eigenvalue weighted by atomic mass is 32.1. The number of aliphatic carboxylic acids is 1. The zero-order valence-corrected chi connectivity index (χ0v) is 30.7. The number of thiophene rings is 1. The number of nitrogens with zero attached hydrogens (tertiary/aromatic N) is 5. The van der Waals surface area contributed by atoms with Gasteiger partial charge in [0.1, 0.15) is 35.0 Å². The van der Waals surface area contributed by atoms with Crippen LogP contribution in [0.2, 0.25) is 0 Å². The molecule has 278 valence electrons. The second-order valence-corrected chi connectivity index (χ2v) is 15.8. The number of carbonyl (C=O) groups excluding carboxylic acids is 3. The van der Waals surface area contributed by atoms with Crippen LogP contribution < -0.4 is 15.4 Å². The van der Waals surface area contributed by atoms with Crippen molar-refractivity contribution in [1.29, 1.82) is 0 Å². The van der Waals surface area contributed by atoms with Crippen LogP contribution in [0.3, 0.4) is 0 Å². The Kier molecular flexibility index (Phi) is 9.94. The van der Waals surface area contributed by atoms with Crippen molar-refractivity contribution in [2.45, 2.75) is 95.0 Å².